The van der Waals surface area contributed by atoms with Crippen molar-refractivity contribution < 1.29 is 9.59 Å². The Hall–Kier alpha value is -3.00. The summed E-state index contributed by atoms with van der Waals surface area (Å²) in [6.07, 6.45) is 4.22. The third-order valence-corrected chi connectivity index (χ3v) is 6.18. The van der Waals surface area contributed by atoms with Gasteiger partial charge in [-0.05, 0) is 49.2 Å². The summed E-state index contributed by atoms with van der Waals surface area (Å²) in [5.74, 6) is 0.769. The molecule has 1 aliphatic rings. The van der Waals surface area contributed by atoms with E-state index in [1.54, 1.807) is 30.3 Å². The second-order valence-corrected chi connectivity index (χ2v) is 8.30. The van der Waals surface area contributed by atoms with Gasteiger partial charge in [-0.15, -0.1) is 10.2 Å². The van der Waals surface area contributed by atoms with Crippen LogP contribution in [0, 0.1) is 0 Å². The summed E-state index contributed by atoms with van der Waals surface area (Å²) < 4.78 is 1.87. The first kappa shape index (κ1) is 19.3. The number of anilines is 1. The summed E-state index contributed by atoms with van der Waals surface area (Å²) in [5, 5.41) is 8.85. The molecule has 1 aromatic carbocycles. The molecule has 0 saturated carbocycles. The van der Waals surface area contributed by atoms with Crippen LogP contribution < -0.4 is 4.90 Å². The number of ketones is 1. The number of hydrogen-bond acceptors (Lipinski definition) is 6. The molecule has 1 amide bonds. The van der Waals surface area contributed by atoms with E-state index in [0.717, 1.165) is 23.2 Å². The standard InChI is InChI=1S/C21H21N5O2S/c1-13(29-21-24-23-20(25(21)3)17-5-4-9-22-12-17)19(28)16-6-7-18-15(11-16)8-10-26(18)14(2)27/h4-7,9,11-13H,8,10H2,1-3H3. The van der Waals surface area contributed by atoms with Gasteiger partial charge < -0.3 is 9.47 Å². The molecule has 8 heteroatoms. The molecular formula is C21H21N5O2S. The first-order valence-electron chi connectivity index (χ1n) is 9.37. The van der Waals surface area contributed by atoms with E-state index in [1.165, 1.54) is 11.8 Å². The smallest absolute Gasteiger partial charge is 0.223 e. The third-order valence-electron chi connectivity index (χ3n) is 5.05. The fourth-order valence-corrected chi connectivity index (χ4v) is 4.38. The van der Waals surface area contributed by atoms with E-state index in [1.807, 2.05) is 42.8 Å². The highest BCUT2D eigenvalue weighted by Gasteiger charge is 2.25. The molecule has 0 radical (unpaired) electrons. The Morgan fingerprint density at radius 3 is 2.76 bits per heavy atom. The number of benzene rings is 1. The van der Waals surface area contributed by atoms with E-state index in [2.05, 4.69) is 15.2 Å². The number of aromatic nitrogens is 4. The van der Waals surface area contributed by atoms with Crippen molar-refractivity contribution in [1.82, 2.24) is 19.7 Å². The summed E-state index contributed by atoms with van der Waals surface area (Å²) in [7, 11) is 1.88. The van der Waals surface area contributed by atoms with Gasteiger partial charge in [-0.25, -0.2) is 0 Å². The van der Waals surface area contributed by atoms with Crippen molar-refractivity contribution in [2.24, 2.45) is 7.05 Å². The zero-order valence-electron chi connectivity index (χ0n) is 16.5. The molecule has 0 aliphatic carbocycles. The van der Waals surface area contributed by atoms with E-state index in [4.69, 9.17) is 0 Å². The normalized spacial score (nSPS) is 14.0. The zero-order chi connectivity index (χ0) is 20.5. The fraction of sp³-hybridized carbons (Fsp3) is 0.286. The van der Waals surface area contributed by atoms with Crippen LogP contribution in [0.25, 0.3) is 11.4 Å². The lowest BCUT2D eigenvalue weighted by Gasteiger charge is -2.15. The minimum atomic E-state index is -0.317. The van der Waals surface area contributed by atoms with Crippen LogP contribution in [-0.4, -0.2) is 43.2 Å². The highest BCUT2D eigenvalue weighted by molar-refractivity contribution is 8.00. The maximum absolute atomic E-state index is 13.0. The fourth-order valence-electron chi connectivity index (χ4n) is 3.49. The lowest BCUT2D eigenvalue weighted by Crippen LogP contribution is -2.25. The molecule has 2 aromatic heterocycles. The third kappa shape index (κ3) is 3.67. The summed E-state index contributed by atoms with van der Waals surface area (Å²) in [6, 6.07) is 9.36. The van der Waals surface area contributed by atoms with Gasteiger partial charge in [0.25, 0.3) is 0 Å². The average Bonchev–Trinajstić information content (AvgIpc) is 3.31. The number of rotatable bonds is 5. The Morgan fingerprint density at radius 1 is 1.21 bits per heavy atom. The minimum Gasteiger partial charge on any atom is -0.312 e. The van der Waals surface area contributed by atoms with Crippen LogP contribution in [0.15, 0.2) is 47.9 Å². The van der Waals surface area contributed by atoms with Gasteiger partial charge in [0, 0.05) is 49.7 Å². The van der Waals surface area contributed by atoms with Crippen molar-refractivity contribution in [3.8, 4) is 11.4 Å². The number of Topliss-reactive ketones (excluding diaryl/α,β-unsaturated/α-hetero) is 1. The Morgan fingerprint density at radius 2 is 2.03 bits per heavy atom. The van der Waals surface area contributed by atoms with Crippen LogP contribution in [0.3, 0.4) is 0 Å². The van der Waals surface area contributed by atoms with Gasteiger partial charge in [-0.3, -0.25) is 14.6 Å². The van der Waals surface area contributed by atoms with Crippen LogP contribution in [0.1, 0.15) is 29.8 Å². The first-order valence-corrected chi connectivity index (χ1v) is 10.3. The lowest BCUT2D eigenvalue weighted by atomic mass is 10.0. The predicted octanol–water partition coefficient (Wildman–Crippen LogP) is 3.15. The molecular weight excluding hydrogens is 386 g/mol. The van der Waals surface area contributed by atoms with Crippen molar-refractivity contribution in [3.05, 3.63) is 53.9 Å². The summed E-state index contributed by atoms with van der Waals surface area (Å²) in [6.45, 7) is 4.11. The van der Waals surface area contributed by atoms with Crippen molar-refractivity contribution in [2.75, 3.05) is 11.4 Å². The summed E-state index contributed by atoms with van der Waals surface area (Å²) in [4.78, 5) is 30.6. The van der Waals surface area contributed by atoms with Crippen LogP contribution in [-0.2, 0) is 18.3 Å². The van der Waals surface area contributed by atoms with E-state index in [0.29, 0.717) is 23.1 Å². The zero-order valence-corrected chi connectivity index (χ0v) is 17.3. The highest BCUT2D eigenvalue weighted by Crippen LogP contribution is 2.31. The van der Waals surface area contributed by atoms with E-state index < -0.39 is 0 Å². The van der Waals surface area contributed by atoms with Gasteiger partial charge >= 0.3 is 0 Å². The van der Waals surface area contributed by atoms with Crippen LogP contribution in [0.4, 0.5) is 5.69 Å². The largest absolute Gasteiger partial charge is 0.312 e. The Labute approximate surface area is 173 Å². The molecule has 0 N–H and O–H groups in total. The SMILES string of the molecule is CC(=O)N1CCc2cc(C(=O)C(C)Sc3nnc(-c4cccnc4)n3C)ccc21. The average molecular weight is 407 g/mol. The molecule has 3 heterocycles. The number of carbonyl (C=O) groups excluding carboxylic acids is 2. The molecule has 0 bridgehead atoms. The van der Waals surface area contributed by atoms with Gasteiger partial charge in [-0.1, -0.05) is 11.8 Å². The van der Waals surface area contributed by atoms with Crippen molar-refractivity contribution in [1.29, 1.82) is 0 Å². The highest BCUT2D eigenvalue weighted by atomic mass is 32.2. The quantitative estimate of drug-likeness (QED) is 0.477. The Bertz CT molecular complexity index is 1080. The van der Waals surface area contributed by atoms with E-state index >= 15 is 0 Å². The summed E-state index contributed by atoms with van der Waals surface area (Å²) in [5.41, 5.74) is 3.48. The minimum absolute atomic E-state index is 0.0263. The van der Waals surface area contributed by atoms with Gasteiger partial charge in [0.1, 0.15) is 0 Å². The number of thioether (sulfide) groups is 1. The second-order valence-electron chi connectivity index (χ2n) is 7.00. The van der Waals surface area contributed by atoms with Gasteiger partial charge in [0.2, 0.25) is 5.91 Å². The topological polar surface area (TPSA) is 81.0 Å². The molecule has 1 unspecified atom stereocenters. The maximum Gasteiger partial charge on any atom is 0.223 e. The molecule has 0 spiro atoms. The van der Waals surface area contributed by atoms with Gasteiger partial charge in [-0.2, -0.15) is 0 Å². The first-order chi connectivity index (χ1) is 14.0. The number of hydrogen-bond donors (Lipinski definition) is 0. The number of fused-ring (bicyclic) bond motifs is 1. The molecule has 148 valence electrons. The van der Waals surface area contributed by atoms with E-state index in [9.17, 15) is 9.59 Å². The number of carbonyl (C=O) groups is 2. The van der Waals surface area contributed by atoms with Crippen molar-refractivity contribution >= 4 is 29.1 Å². The van der Waals surface area contributed by atoms with E-state index in [-0.39, 0.29) is 16.9 Å². The lowest BCUT2D eigenvalue weighted by molar-refractivity contribution is -0.116. The van der Waals surface area contributed by atoms with Crippen LogP contribution in [0.5, 0.6) is 0 Å². The Kier molecular flexibility index (Phi) is 5.19. The molecule has 1 atom stereocenters. The molecule has 3 aromatic rings. The second kappa shape index (κ2) is 7.79. The van der Waals surface area contributed by atoms with Gasteiger partial charge in [0.05, 0.1) is 5.25 Å². The molecule has 4 rings (SSSR count). The number of pyridine rings is 1. The van der Waals surface area contributed by atoms with Crippen molar-refractivity contribution in [2.45, 2.75) is 30.7 Å². The predicted molar refractivity (Wildman–Crippen MR) is 112 cm³/mol. The van der Waals surface area contributed by atoms with Crippen LogP contribution >= 0.6 is 11.8 Å². The van der Waals surface area contributed by atoms with Crippen LogP contribution in [0.2, 0.25) is 0 Å². The molecule has 7 nitrogen and oxygen atoms in total. The maximum atomic E-state index is 13.0. The molecule has 0 saturated heterocycles. The Balaban J connectivity index is 1.51. The monoisotopic (exact) mass is 407 g/mol. The molecule has 0 fully saturated rings. The number of nitrogens with zero attached hydrogens (tertiary/aromatic N) is 5. The number of amides is 1. The molecule has 29 heavy (non-hydrogen) atoms. The summed E-state index contributed by atoms with van der Waals surface area (Å²) >= 11 is 1.38. The van der Waals surface area contributed by atoms with Gasteiger partial charge in [0.15, 0.2) is 16.8 Å². The van der Waals surface area contributed by atoms with Crippen molar-refractivity contribution in [3.63, 3.8) is 0 Å². The molecule has 1 aliphatic heterocycles.